The summed E-state index contributed by atoms with van der Waals surface area (Å²) in [5, 5.41) is 11.1. The third-order valence-corrected chi connectivity index (χ3v) is 4.53. The van der Waals surface area contributed by atoms with E-state index in [1.165, 1.54) is 17.4 Å². The van der Waals surface area contributed by atoms with Crippen molar-refractivity contribution in [3.05, 3.63) is 79.1 Å². The van der Waals surface area contributed by atoms with E-state index < -0.39 is 4.92 Å². The van der Waals surface area contributed by atoms with E-state index >= 15 is 0 Å². The second-order valence-electron chi connectivity index (χ2n) is 4.95. The van der Waals surface area contributed by atoms with Gasteiger partial charge in [0.25, 0.3) is 11.2 Å². The zero-order chi connectivity index (χ0) is 16.0. The van der Waals surface area contributed by atoms with Crippen LogP contribution in [0.5, 0.6) is 0 Å². The second-order valence-corrected chi connectivity index (χ2v) is 5.96. The first-order chi connectivity index (χ1) is 11.1. The van der Waals surface area contributed by atoms with E-state index in [0.29, 0.717) is 15.1 Å². The van der Waals surface area contributed by atoms with Crippen LogP contribution in [0.3, 0.4) is 0 Å². The van der Waals surface area contributed by atoms with Gasteiger partial charge in [0.15, 0.2) is 4.96 Å². The highest BCUT2D eigenvalue weighted by Gasteiger charge is 2.13. The van der Waals surface area contributed by atoms with Crippen molar-refractivity contribution in [1.29, 1.82) is 0 Å². The van der Waals surface area contributed by atoms with E-state index in [0.717, 1.165) is 11.0 Å². The minimum atomic E-state index is -0.454. The number of hydrogen-bond acceptors (Lipinski definition) is 5. The molecule has 0 bridgehead atoms. The summed E-state index contributed by atoms with van der Waals surface area (Å²) in [6.45, 7) is 0. The summed E-state index contributed by atoms with van der Waals surface area (Å²) < 4.78 is 1.97. The molecule has 2 aromatic carbocycles. The maximum atomic E-state index is 12.6. The summed E-state index contributed by atoms with van der Waals surface area (Å²) in [5.74, 6) is 0. The Bertz CT molecular complexity index is 1180. The standard InChI is InChI=1S/C16H9N3O3S/c20-15-14(9-10-5-1-3-7-12(10)19(21)22)23-16-17-11-6-2-4-8-13(11)18(15)16/h1-9H. The van der Waals surface area contributed by atoms with Crippen molar-refractivity contribution in [3.63, 3.8) is 0 Å². The van der Waals surface area contributed by atoms with E-state index in [1.807, 2.05) is 24.3 Å². The number of benzene rings is 2. The molecular formula is C16H9N3O3S. The molecule has 0 saturated heterocycles. The van der Waals surface area contributed by atoms with Gasteiger partial charge in [-0.3, -0.25) is 14.9 Å². The minimum absolute atomic E-state index is 0.0252. The quantitative estimate of drug-likeness (QED) is 0.419. The number of nitro benzene ring substituents is 1. The summed E-state index contributed by atoms with van der Waals surface area (Å²) in [5.41, 5.74) is 1.67. The van der Waals surface area contributed by atoms with Crippen molar-refractivity contribution < 1.29 is 4.92 Å². The maximum absolute atomic E-state index is 12.6. The average molecular weight is 323 g/mol. The van der Waals surface area contributed by atoms with Gasteiger partial charge in [-0.25, -0.2) is 9.38 Å². The molecule has 2 aromatic heterocycles. The molecule has 0 aliphatic carbocycles. The van der Waals surface area contributed by atoms with Gasteiger partial charge in [-0.15, -0.1) is 0 Å². The lowest BCUT2D eigenvalue weighted by atomic mass is 10.2. The molecule has 6 nitrogen and oxygen atoms in total. The molecule has 2 heterocycles. The third-order valence-electron chi connectivity index (χ3n) is 3.57. The Morgan fingerprint density at radius 2 is 1.87 bits per heavy atom. The van der Waals surface area contributed by atoms with Crippen molar-refractivity contribution in [1.82, 2.24) is 9.38 Å². The number of thiazole rings is 1. The molecule has 0 fully saturated rings. The van der Waals surface area contributed by atoms with Crippen LogP contribution < -0.4 is 10.1 Å². The van der Waals surface area contributed by atoms with Crippen LogP contribution in [0.4, 0.5) is 5.69 Å². The lowest BCUT2D eigenvalue weighted by Gasteiger charge is -1.94. The van der Waals surface area contributed by atoms with E-state index in [-0.39, 0.29) is 11.2 Å². The van der Waals surface area contributed by atoms with Crippen molar-refractivity contribution in [2.75, 3.05) is 0 Å². The molecule has 0 radical (unpaired) electrons. The van der Waals surface area contributed by atoms with Crippen LogP contribution in [0, 0.1) is 10.1 Å². The Morgan fingerprint density at radius 3 is 2.70 bits per heavy atom. The van der Waals surface area contributed by atoms with Gasteiger partial charge in [-0.2, -0.15) is 0 Å². The number of para-hydroxylation sites is 3. The molecule has 0 atom stereocenters. The number of nitrogens with zero attached hydrogens (tertiary/aromatic N) is 3. The molecule has 7 heteroatoms. The summed E-state index contributed by atoms with van der Waals surface area (Å²) in [6, 6.07) is 13.7. The molecule has 4 aromatic rings. The van der Waals surface area contributed by atoms with E-state index in [4.69, 9.17) is 0 Å². The van der Waals surface area contributed by atoms with Gasteiger partial charge in [0, 0.05) is 6.07 Å². The molecule has 112 valence electrons. The Morgan fingerprint density at radius 1 is 1.13 bits per heavy atom. The summed E-state index contributed by atoms with van der Waals surface area (Å²) in [7, 11) is 0. The first-order valence-electron chi connectivity index (χ1n) is 6.80. The lowest BCUT2D eigenvalue weighted by molar-refractivity contribution is -0.385. The van der Waals surface area contributed by atoms with Crippen molar-refractivity contribution in [3.8, 4) is 0 Å². The molecule has 0 N–H and O–H groups in total. The Labute approximate surface area is 133 Å². The normalized spacial score (nSPS) is 12.3. The number of imidazole rings is 1. The van der Waals surface area contributed by atoms with Crippen LogP contribution in [0.25, 0.3) is 22.1 Å². The maximum Gasteiger partial charge on any atom is 0.276 e. The largest absolute Gasteiger partial charge is 0.276 e. The zero-order valence-electron chi connectivity index (χ0n) is 11.7. The fraction of sp³-hybridized carbons (Fsp3) is 0. The van der Waals surface area contributed by atoms with Crippen molar-refractivity contribution in [2.45, 2.75) is 0 Å². The Hall–Kier alpha value is -3.06. The predicted molar refractivity (Wildman–Crippen MR) is 88.7 cm³/mol. The van der Waals surface area contributed by atoms with E-state index in [1.54, 1.807) is 28.7 Å². The molecule has 0 saturated carbocycles. The van der Waals surface area contributed by atoms with Gasteiger partial charge >= 0.3 is 0 Å². The van der Waals surface area contributed by atoms with Gasteiger partial charge in [-0.05, 0) is 24.3 Å². The van der Waals surface area contributed by atoms with E-state index in [9.17, 15) is 14.9 Å². The summed E-state index contributed by atoms with van der Waals surface area (Å²) in [6.07, 6.45) is 1.55. The third kappa shape index (κ3) is 2.09. The van der Waals surface area contributed by atoms with E-state index in [2.05, 4.69) is 4.98 Å². The number of rotatable bonds is 2. The van der Waals surface area contributed by atoms with Gasteiger partial charge in [0.2, 0.25) is 0 Å². The first kappa shape index (κ1) is 13.6. The Kier molecular flexibility index (Phi) is 2.95. The average Bonchev–Trinajstić information content (AvgIpc) is 3.05. The number of aromatic nitrogens is 2. The smallest absolute Gasteiger partial charge is 0.267 e. The number of fused-ring (bicyclic) bond motifs is 3. The first-order valence-corrected chi connectivity index (χ1v) is 7.62. The lowest BCUT2D eigenvalue weighted by Crippen LogP contribution is -2.22. The second kappa shape index (κ2) is 4.99. The SMILES string of the molecule is O=c1c(=Cc2ccccc2[N+](=O)[O-])sc2nc3ccccc3n12. The molecule has 4 rings (SSSR count). The van der Waals surface area contributed by atoms with Crippen LogP contribution >= 0.6 is 11.3 Å². The highest BCUT2D eigenvalue weighted by atomic mass is 32.1. The predicted octanol–water partition coefficient (Wildman–Crippen LogP) is 2.37. The van der Waals surface area contributed by atoms with Gasteiger partial charge in [0.1, 0.15) is 0 Å². The molecule has 0 amide bonds. The van der Waals surface area contributed by atoms with Crippen LogP contribution in [-0.2, 0) is 0 Å². The molecule has 0 spiro atoms. The fourth-order valence-electron chi connectivity index (χ4n) is 2.53. The van der Waals surface area contributed by atoms with Crippen LogP contribution in [-0.4, -0.2) is 14.3 Å². The van der Waals surface area contributed by atoms with Crippen LogP contribution in [0.2, 0.25) is 0 Å². The van der Waals surface area contributed by atoms with Crippen LogP contribution in [0.15, 0.2) is 53.3 Å². The highest BCUT2D eigenvalue weighted by Crippen LogP contribution is 2.19. The number of hydrogen-bond donors (Lipinski definition) is 0. The number of nitro groups is 1. The topological polar surface area (TPSA) is 77.5 Å². The fourth-order valence-corrected chi connectivity index (χ4v) is 3.51. The van der Waals surface area contributed by atoms with Crippen LogP contribution in [0.1, 0.15) is 5.56 Å². The van der Waals surface area contributed by atoms with Crippen molar-refractivity contribution >= 4 is 39.1 Å². The van der Waals surface area contributed by atoms with Gasteiger partial charge < -0.3 is 0 Å². The summed E-state index contributed by atoms with van der Waals surface area (Å²) >= 11 is 1.23. The highest BCUT2D eigenvalue weighted by molar-refractivity contribution is 7.15. The Balaban J connectivity index is 2.02. The molecule has 0 aliphatic heterocycles. The minimum Gasteiger partial charge on any atom is -0.267 e. The monoisotopic (exact) mass is 323 g/mol. The summed E-state index contributed by atoms with van der Waals surface area (Å²) in [4.78, 5) is 28.3. The molecular weight excluding hydrogens is 314 g/mol. The van der Waals surface area contributed by atoms with Gasteiger partial charge in [0.05, 0.1) is 26.1 Å². The molecule has 0 unspecified atom stereocenters. The van der Waals surface area contributed by atoms with Crippen molar-refractivity contribution in [2.24, 2.45) is 0 Å². The molecule has 23 heavy (non-hydrogen) atoms. The van der Waals surface area contributed by atoms with Gasteiger partial charge in [-0.1, -0.05) is 35.6 Å². The molecule has 0 aliphatic rings. The zero-order valence-corrected chi connectivity index (χ0v) is 12.5.